The van der Waals surface area contributed by atoms with Gasteiger partial charge in [0, 0.05) is 0 Å². The zero-order valence-electron chi connectivity index (χ0n) is 6.01. The molecule has 0 bridgehead atoms. The first kappa shape index (κ1) is 9.28. The van der Waals surface area contributed by atoms with Gasteiger partial charge >= 0.3 is 5.97 Å². The summed E-state index contributed by atoms with van der Waals surface area (Å²) in [7, 11) is 0. The van der Waals surface area contributed by atoms with E-state index in [2.05, 4.69) is 25.6 Å². The van der Waals surface area contributed by atoms with Crippen molar-refractivity contribution in [1.82, 2.24) is 0 Å². The largest absolute Gasteiger partial charge is 0.478 e. The number of carboxylic acid groups (broad SMARTS) is 1. The lowest BCUT2D eigenvalue weighted by atomic mass is 10.2. The number of thiol groups is 2. The van der Waals surface area contributed by atoms with Crippen LogP contribution in [0.1, 0.15) is 10.4 Å². The van der Waals surface area contributed by atoms with Crippen LogP contribution in [-0.2, 0) is 0 Å². The normalized spacial score (nSPS) is 9.50. The van der Waals surface area contributed by atoms with Gasteiger partial charge in [0.1, 0.15) is 0 Å². The standard InChI is InChI=1S/C7H7NO2S2/c9-7(10)5-1-3-6(4-2-5)8(11)12/h1-4,11-12H,(H,9,10). The minimum Gasteiger partial charge on any atom is -0.478 e. The molecule has 12 heavy (non-hydrogen) atoms. The quantitative estimate of drug-likeness (QED) is 0.640. The zero-order valence-corrected chi connectivity index (χ0v) is 7.80. The lowest BCUT2D eigenvalue weighted by Gasteiger charge is -2.08. The van der Waals surface area contributed by atoms with Crippen LogP contribution >= 0.6 is 25.6 Å². The summed E-state index contributed by atoms with van der Waals surface area (Å²) in [5.74, 6) is -0.938. The van der Waals surface area contributed by atoms with Crippen molar-refractivity contribution >= 4 is 37.3 Å². The second kappa shape index (κ2) is 3.73. The molecule has 0 unspecified atom stereocenters. The lowest BCUT2D eigenvalue weighted by Crippen LogP contribution is -1.97. The summed E-state index contributed by atoms with van der Waals surface area (Å²) in [6.07, 6.45) is 0. The maximum absolute atomic E-state index is 10.4. The minimum atomic E-state index is -0.938. The van der Waals surface area contributed by atoms with Gasteiger partial charge in [-0.3, -0.25) is 3.71 Å². The Kier molecular flexibility index (Phi) is 2.88. The average Bonchev–Trinajstić information content (AvgIpc) is 2.04. The van der Waals surface area contributed by atoms with Crippen LogP contribution in [0.3, 0.4) is 0 Å². The van der Waals surface area contributed by atoms with Gasteiger partial charge in [0.05, 0.1) is 11.3 Å². The second-order valence-corrected chi connectivity index (χ2v) is 3.26. The van der Waals surface area contributed by atoms with Crippen molar-refractivity contribution in [3.05, 3.63) is 29.8 Å². The van der Waals surface area contributed by atoms with E-state index in [9.17, 15) is 4.79 Å². The molecule has 0 saturated heterocycles. The number of hydrogen-bond donors (Lipinski definition) is 3. The number of benzene rings is 1. The van der Waals surface area contributed by atoms with Crippen molar-refractivity contribution in [3.63, 3.8) is 0 Å². The van der Waals surface area contributed by atoms with Crippen LogP contribution in [0.2, 0.25) is 0 Å². The molecule has 0 aliphatic heterocycles. The molecule has 0 amide bonds. The molecular formula is C7H7NO2S2. The summed E-state index contributed by atoms with van der Waals surface area (Å²) in [5.41, 5.74) is 0.980. The Hall–Kier alpha value is -0.810. The first-order chi connectivity index (χ1) is 5.61. The van der Waals surface area contributed by atoms with Crippen molar-refractivity contribution in [2.24, 2.45) is 0 Å². The number of anilines is 1. The molecular weight excluding hydrogens is 194 g/mol. The lowest BCUT2D eigenvalue weighted by molar-refractivity contribution is 0.0697. The van der Waals surface area contributed by atoms with Gasteiger partial charge < -0.3 is 5.11 Å². The molecule has 0 aliphatic carbocycles. The van der Waals surface area contributed by atoms with Crippen LogP contribution in [0.5, 0.6) is 0 Å². The summed E-state index contributed by atoms with van der Waals surface area (Å²) in [6, 6.07) is 6.25. The summed E-state index contributed by atoms with van der Waals surface area (Å²) in [5, 5.41) is 8.56. The maximum Gasteiger partial charge on any atom is 0.335 e. The summed E-state index contributed by atoms with van der Waals surface area (Å²) in [4.78, 5) is 10.4. The highest BCUT2D eigenvalue weighted by atomic mass is 32.2. The molecule has 64 valence electrons. The second-order valence-electron chi connectivity index (χ2n) is 2.14. The van der Waals surface area contributed by atoms with Crippen LogP contribution in [0.15, 0.2) is 24.3 Å². The van der Waals surface area contributed by atoms with E-state index < -0.39 is 5.97 Å². The zero-order chi connectivity index (χ0) is 9.14. The van der Waals surface area contributed by atoms with Crippen LogP contribution in [0.25, 0.3) is 0 Å². The van der Waals surface area contributed by atoms with Crippen LogP contribution in [-0.4, -0.2) is 11.1 Å². The molecule has 0 radical (unpaired) electrons. The molecule has 1 aromatic rings. The highest BCUT2D eigenvalue weighted by Gasteiger charge is 2.02. The third kappa shape index (κ3) is 2.09. The molecule has 0 atom stereocenters. The van der Waals surface area contributed by atoms with Crippen molar-refractivity contribution in [2.45, 2.75) is 0 Å². The van der Waals surface area contributed by atoms with E-state index in [0.29, 0.717) is 0 Å². The van der Waals surface area contributed by atoms with E-state index >= 15 is 0 Å². The summed E-state index contributed by atoms with van der Waals surface area (Å²) < 4.78 is 1.31. The van der Waals surface area contributed by atoms with Gasteiger partial charge in [0.2, 0.25) is 0 Å². The van der Waals surface area contributed by atoms with Crippen LogP contribution < -0.4 is 3.71 Å². The van der Waals surface area contributed by atoms with E-state index in [-0.39, 0.29) is 5.56 Å². The van der Waals surface area contributed by atoms with E-state index in [1.807, 2.05) is 0 Å². The van der Waals surface area contributed by atoms with Gasteiger partial charge in [-0.1, -0.05) is 25.6 Å². The number of nitrogens with zero attached hydrogens (tertiary/aromatic N) is 1. The van der Waals surface area contributed by atoms with Gasteiger partial charge in [-0.25, -0.2) is 4.79 Å². The Morgan fingerprint density at radius 1 is 1.25 bits per heavy atom. The van der Waals surface area contributed by atoms with Crippen LogP contribution in [0.4, 0.5) is 5.69 Å². The Morgan fingerprint density at radius 2 is 1.75 bits per heavy atom. The first-order valence-corrected chi connectivity index (χ1v) is 3.92. The Bertz CT molecular complexity index is 284. The van der Waals surface area contributed by atoms with Gasteiger partial charge in [0.25, 0.3) is 0 Å². The van der Waals surface area contributed by atoms with Gasteiger partial charge in [-0.2, -0.15) is 0 Å². The monoisotopic (exact) mass is 201 g/mol. The van der Waals surface area contributed by atoms with E-state index in [4.69, 9.17) is 5.11 Å². The topological polar surface area (TPSA) is 40.5 Å². The highest BCUT2D eigenvalue weighted by Crippen LogP contribution is 2.18. The number of hydrogen-bond acceptors (Lipinski definition) is 4. The van der Waals surface area contributed by atoms with Gasteiger partial charge in [-0.15, -0.1) is 0 Å². The number of carboxylic acids is 1. The molecule has 0 fully saturated rings. The molecule has 5 heteroatoms. The predicted octanol–water partition coefficient (Wildman–Crippen LogP) is 1.88. The average molecular weight is 201 g/mol. The highest BCUT2D eigenvalue weighted by molar-refractivity contribution is 8.00. The molecule has 0 aromatic heterocycles. The van der Waals surface area contributed by atoms with E-state index in [1.54, 1.807) is 12.1 Å². The van der Waals surface area contributed by atoms with Crippen molar-refractivity contribution in [1.29, 1.82) is 0 Å². The van der Waals surface area contributed by atoms with Gasteiger partial charge in [0.15, 0.2) is 0 Å². The molecule has 3 nitrogen and oxygen atoms in total. The fourth-order valence-electron chi connectivity index (χ4n) is 0.737. The first-order valence-electron chi connectivity index (χ1n) is 3.12. The molecule has 0 spiro atoms. The van der Waals surface area contributed by atoms with Gasteiger partial charge in [-0.05, 0) is 24.3 Å². The molecule has 1 rings (SSSR count). The predicted molar refractivity (Wildman–Crippen MR) is 53.9 cm³/mol. The third-order valence-corrected chi connectivity index (χ3v) is 1.81. The minimum absolute atomic E-state index is 0.252. The Balaban J connectivity index is 2.93. The molecule has 1 aromatic carbocycles. The molecule has 0 heterocycles. The number of rotatable bonds is 2. The third-order valence-electron chi connectivity index (χ3n) is 1.35. The summed E-state index contributed by atoms with van der Waals surface area (Å²) >= 11 is 7.85. The maximum atomic E-state index is 10.4. The van der Waals surface area contributed by atoms with Crippen molar-refractivity contribution < 1.29 is 9.90 Å². The van der Waals surface area contributed by atoms with Crippen molar-refractivity contribution in [2.75, 3.05) is 3.71 Å². The smallest absolute Gasteiger partial charge is 0.335 e. The Labute approximate surface area is 81.1 Å². The molecule has 0 saturated carbocycles. The molecule has 1 N–H and O–H groups in total. The fraction of sp³-hybridized carbons (Fsp3) is 0. The van der Waals surface area contributed by atoms with Crippen LogP contribution in [0, 0.1) is 0 Å². The van der Waals surface area contributed by atoms with Crippen molar-refractivity contribution in [3.8, 4) is 0 Å². The van der Waals surface area contributed by atoms with E-state index in [1.165, 1.54) is 15.8 Å². The Morgan fingerprint density at radius 3 is 2.08 bits per heavy atom. The SMILES string of the molecule is O=C(O)c1ccc(N(S)S)cc1. The number of carbonyl (C=O) groups is 1. The van der Waals surface area contributed by atoms with E-state index in [0.717, 1.165) is 5.69 Å². The fourth-order valence-corrected chi connectivity index (χ4v) is 1.00. The number of aromatic carboxylic acids is 1. The molecule has 0 aliphatic rings. The summed E-state index contributed by atoms with van der Waals surface area (Å²) in [6.45, 7) is 0.